The lowest BCUT2D eigenvalue weighted by molar-refractivity contribution is -0.116. The molecule has 2 aromatic heterocycles. The van der Waals surface area contributed by atoms with Crippen molar-refractivity contribution in [2.75, 3.05) is 23.8 Å². The predicted octanol–water partition coefficient (Wildman–Crippen LogP) is 4.19. The van der Waals surface area contributed by atoms with Crippen molar-refractivity contribution in [3.8, 4) is 5.69 Å². The number of para-hydroxylation sites is 1. The molecule has 0 spiro atoms. The van der Waals surface area contributed by atoms with Crippen molar-refractivity contribution < 1.29 is 9.53 Å². The average Bonchev–Trinajstić information content (AvgIpc) is 3.57. The molecule has 33 heavy (non-hydrogen) atoms. The Morgan fingerprint density at radius 1 is 1.27 bits per heavy atom. The number of aryl methyl sites for hydroxylation is 2. The number of carbonyl (C=O) groups excluding carboxylic acids is 1. The van der Waals surface area contributed by atoms with E-state index in [0.717, 1.165) is 46.5 Å². The Morgan fingerprint density at radius 2 is 2.15 bits per heavy atom. The summed E-state index contributed by atoms with van der Waals surface area (Å²) in [6.07, 6.45) is 2.00. The molecule has 1 aliphatic rings. The van der Waals surface area contributed by atoms with E-state index < -0.39 is 0 Å². The fourth-order valence-corrected chi connectivity index (χ4v) is 5.58. The van der Waals surface area contributed by atoms with Crippen LogP contribution in [0.4, 0.5) is 5.13 Å². The fourth-order valence-electron chi connectivity index (χ4n) is 3.83. The van der Waals surface area contributed by atoms with Crippen LogP contribution in [0, 0.1) is 13.8 Å². The molecular weight excluding hydrogens is 456 g/mol. The Bertz CT molecular complexity index is 1250. The minimum Gasteiger partial charge on any atom is -0.376 e. The fraction of sp³-hybridized carbons (Fsp3) is 0.348. The van der Waals surface area contributed by atoms with Crippen molar-refractivity contribution in [1.29, 1.82) is 0 Å². The highest BCUT2D eigenvalue weighted by Gasteiger charge is 2.27. The second-order valence-electron chi connectivity index (χ2n) is 8.06. The lowest BCUT2D eigenvalue weighted by Crippen LogP contribution is -2.38. The zero-order chi connectivity index (χ0) is 22.8. The van der Waals surface area contributed by atoms with Crippen LogP contribution < -0.4 is 4.90 Å². The number of hydrogen-bond donors (Lipinski definition) is 0. The summed E-state index contributed by atoms with van der Waals surface area (Å²) in [6, 6.07) is 14.1. The van der Waals surface area contributed by atoms with Crippen LogP contribution in [0.1, 0.15) is 24.0 Å². The third kappa shape index (κ3) is 4.78. The smallest absolute Gasteiger partial charge is 0.239 e. The molecule has 0 aliphatic carbocycles. The van der Waals surface area contributed by atoms with Gasteiger partial charge in [-0.3, -0.25) is 9.69 Å². The Kier molecular flexibility index (Phi) is 6.39. The average molecular weight is 481 g/mol. The first-order valence-electron chi connectivity index (χ1n) is 10.8. The molecule has 5 rings (SSSR count). The summed E-state index contributed by atoms with van der Waals surface area (Å²) in [5.74, 6) is 0.165. The lowest BCUT2D eigenvalue weighted by Gasteiger charge is -2.22. The number of anilines is 1. The van der Waals surface area contributed by atoms with E-state index in [-0.39, 0.29) is 17.8 Å². The van der Waals surface area contributed by atoms with E-state index in [9.17, 15) is 4.79 Å². The summed E-state index contributed by atoms with van der Waals surface area (Å²) in [5, 5.41) is 13.5. The van der Waals surface area contributed by atoms with Gasteiger partial charge in [0, 0.05) is 6.61 Å². The Morgan fingerprint density at radius 3 is 2.97 bits per heavy atom. The van der Waals surface area contributed by atoms with Crippen molar-refractivity contribution in [1.82, 2.24) is 25.2 Å². The highest BCUT2D eigenvalue weighted by Crippen LogP contribution is 2.31. The number of carbonyl (C=O) groups is 1. The molecule has 2 aromatic carbocycles. The summed E-state index contributed by atoms with van der Waals surface area (Å²) in [7, 11) is 0. The van der Waals surface area contributed by atoms with E-state index in [0.29, 0.717) is 16.8 Å². The molecule has 0 radical (unpaired) electrons. The second-order valence-corrected chi connectivity index (χ2v) is 10.0. The maximum absolute atomic E-state index is 13.4. The number of tetrazole rings is 1. The number of thioether (sulfide) groups is 1. The maximum atomic E-state index is 13.4. The van der Waals surface area contributed by atoms with Gasteiger partial charge in [0.15, 0.2) is 5.13 Å². The minimum atomic E-state index is -0.0370. The van der Waals surface area contributed by atoms with E-state index in [1.807, 2.05) is 50.2 Å². The van der Waals surface area contributed by atoms with Crippen molar-refractivity contribution in [3.05, 3.63) is 53.6 Å². The number of nitrogens with zero attached hydrogens (tertiary/aromatic N) is 6. The Labute approximate surface area is 200 Å². The van der Waals surface area contributed by atoms with Crippen molar-refractivity contribution in [2.45, 2.75) is 37.9 Å². The molecule has 4 aromatic rings. The van der Waals surface area contributed by atoms with E-state index in [1.165, 1.54) is 23.1 Å². The van der Waals surface area contributed by atoms with Crippen molar-refractivity contribution in [3.63, 3.8) is 0 Å². The summed E-state index contributed by atoms with van der Waals surface area (Å²) < 4.78 is 8.58. The van der Waals surface area contributed by atoms with Gasteiger partial charge in [0.25, 0.3) is 0 Å². The molecule has 0 bridgehead atoms. The van der Waals surface area contributed by atoms with Crippen molar-refractivity contribution in [2.24, 2.45) is 0 Å². The third-order valence-electron chi connectivity index (χ3n) is 5.58. The molecule has 1 saturated heterocycles. The molecule has 1 fully saturated rings. The minimum absolute atomic E-state index is 0.0335. The number of fused-ring (bicyclic) bond motifs is 1. The van der Waals surface area contributed by atoms with Gasteiger partial charge in [0.1, 0.15) is 0 Å². The van der Waals surface area contributed by atoms with Gasteiger partial charge < -0.3 is 4.74 Å². The van der Waals surface area contributed by atoms with Crippen LogP contribution in [0.15, 0.2) is 47.6 Å². The number of rotatable bonds is 7. The van der Waals surface area contributed by atoms with Crippen LogP contribution in [0.2, 0.25) is 0 Å². The molecular formula is C23H24N6O2S2. The Hall–Kier alpha value is -2.82. The van der Waals surface area contributed by atoms with E-state index >= 15 is 0 Å². The number of aromatic nitrogens is 5. The summed E-state index contributed by atoms with van der Waals surface area (Å²) in [5.41, 5.74) is 4.00. The van der Waals surface area contributed by atoms with Crippen LogP contribution in [-0.4, -0.2) is 56.1 Å². The van der Waals surface area contributed by atoms with Gasteiger partial charge in [-0.2, -0.15) is 4.68 Å². The van der Waals surface area contributed by atoms with Gasteiger partial charge in [-0.05, 0) is 66.4 Å². The highest BCUT2D eigenvalue weighted by molar-refractivity contribution is 7.99. The van der Waals surface area contributed by atoms with Crippen LogP contribution in [0.3, 0.4) is 0 Å². The first-order chi connectivity index (χ1) is 16.1. The van der Waals surface area contributed by atoms with Gasteiger partial charge in [0.2, 0.25) is 11.1 Å². The standard InChI is InChI=1S/C23H24N6O2S2/c1-15-9-10-16(2)19(12-15)29-23(25-26-27-29)32-14-21(30)28(13-17-6-5-11-31-17)22-24-18-7-3-4-8-20(18)33-22/h3-4,7-10,12,17H,5-6,11,13-14H2,1-2H3/t17-/m0/s1. The SMILES string of the molecule is Cc1ccc(C)c(-n2nnnc2SCC(=O)N(C[C@@H]2CCCO2)c2nc3ccccc3s2)c1. The molecule has 0 N–H and O–H groups in total. The predicted molar refractivity (Wildman–Crippen MR) is 130 cm³/mol. The molecule has 0 unspecified atom stereocenters. The molecule has 170 valence electrons. The zero-order valence-corrected chi connectivity index (χ0v) is 20.1. The Balaban J connectivity index is 1.37. The number of hydrogen-bond acceptors (Lipinski definition) is 8. The first-order valence-corrected chi connectivity index (χ1v) is 12.6. The van der Waals surface area contributed by atoms with Gasteiger partial charge in [-0.15, -0.1) is 5.10 Å². The topological polar surface area (TPSA) is 86.0 Å². The van der Waals surface area contributed by atoms with Crippen LogP contribution in [0.5, 0.6) is 0 Å². The quantitative estimate of drug-likeness (QED) is 0.367. The monoisotopic (exact) mass is 480 g/mol. The molecule has 8 nitrogen and oxygen atoms in total. The van der Waals surface area contributed by atoms with E-state index in [4.69, 9.17) is 9.72 Å². The second kappa shape index (κ2) is 9.58. The summed E-state index contributed by atoms with van der Waals surface area (Å²) in [4.78, 5) is 19.9. The first kappa shape index (κ1) is 22.0. The normalized spacial score (nSPS) is 15.9. The van der Waals surface area contributed by atoms with Gasteiger partial charge in [-0.1, -0.05) is 47.4 Å². The molecule has 1 atom stereocenters. The summed E-state index contributed by atoms with van der Waals surface area (Å²) in [6.45, 7) is 5.30. The van der Waals surface area contributed by atoms with Gasteiger partial charge >= 0.3 is 0 Å². The summed E-state index contributed by atoms with van der Waals surface area (Å²) >= 11 is 2.86. The van der Waals surface area contributed by atoms with Crippen LogP contribution in [0.25, 0.3) is 15.9 Å². The van der Waals surface area contributed by atoms with Crippen molar-refractivity contribution >= 4 is 44.4 Å². The van der Waals surface area contributed by atoms with E-state index in [2.05, 4.69) is 21.6 Å². The van der Waals surface area contributed by atoms with Gasteiger partial charge in [-0.25, -0.2) is 4.98 Å². The number of amides is 1. The lowest BCUT2D eigenvalue weighted by atomic mass is 10.1. The highest BCUT2D eigenvalue weighted by atomic mass is 32.2. The molecule has 10 heteroatoms. The third-order valence-corrected chi connectivity index (χ3v) is 7.55. The molecule has 3 heterocycles. The molecule has 1 aliphatic heterocycles. The largest absolute Gasteiger partial charge is 0.376 e. The van der Waals surface area contributed by atoms with Gasteiger partial charge in [0.05, 0.1) is 34.3 Å². The maximum Gasteiger partial charge on any atom is 0.239 e. The number of thiazole rings is 1. The van der Waals surface area contributed by atoms with Crippen LogP contribution >= 0.6 is 23.1 Å². The number of ether oxygens (including phenoxy) is 1. The molecule has 1 amide bonds. The zero-order valence-electron chi connectivity index (χ0n) is 18.5. The van der Waals surface area contributed by atoms with E-state index in [1.54, 1.807) is 9.58 Å². The number of benzene rings is 2. The molecule has 0 saturated carbocycles. The van der Waals surface area contributed by atoms with Crippen LogP contribution in [-0.2, 0) is 9.53 Å².